The maximum atomic E-state index is 6.40. The normalized spacial score (nSPS) is 28.6. The molecular formula is C21H42O5S. The first kappa shape index (κ1) is 25.2. The number of thioether (sulfide) groups is 1. The lowest BCUT2D eigenvalue weighted by molar-refractivity contribution is -0.242. The Labute approximate surface area is 171 Å². The second kappa shape index (κ2) is 16.0. The quantitative estimate of drug-likeness (QED) is 0.347. The summed E-state index contributed by atoms with van der Waals surface area (Å²) in [5, 5.41) is 0. The molecule has 1 aliphatic rings. The molecule has 0 aromatic rings. The molecule has 1 fully saturated rings. The second-order valence-corrected chi connectivity index (χ2v) is 8.38. The van der Waals surface area contributed by atoms with E-state index in [9.17, 15) is 0 Å². The largest absolute Gasteiger partial charge is 0.379 e. The van der Waals surface area contributed by atoms with Gasteiger partial charge < -0.3 is 23.7 Å². The monoisotopic (exact) mass is 406 g/mol. The van der Waals surface area contributed by atoms with Gasteiger partial charge in [0.05, 0.1) is 6.61 Å². The summed E-state index contributed by atoms with van der Waals surface area (Å²) in [5.41, 5.74) is -0.0579. The summed E-state index contributed by atoms with van der Waals surface area (Å²) in [6.07, 6.45) is 5.94. The van der Waals surface area contributed by atoms with Gasteiger partial charge in [-0.3, -0.25) is 0 Å². The van der Waals surface area contributed by atoms with Gasteiger partial charge in [-0.25, -0.2) is 0 Å². The van der Waals surface area contributed by atoms with E-state index in [0.717, 1.165) is 57.5 Å². The zero-order valence-corrected chi connectivity index (χ0v) is 18.9. The van der Waals surface area contributed by atoms with Crippen molar-refractivity contribution in [3.8, 4) is 0 Å². The SMILES string of the molecule is CCCCOCC1OC(SCC)C(OC)C(OCCCC)[C@@H]1OCCCC. The van der Waals surface area contributed by atoms with Gasteiger partial charge in [0.25, 0.3) is 0 Å². The van der Waals surface area contributed by atoms with Crippen molar-refractivity contribution in [3.05, 3.63) is 0 Å². The molecule has 4 unspecified atom stereocenters. The zero-order chi connectivity index (χ0) is 19.9. The Morgan fingerprint density at radius 2 is 1.37 bits per heavy atom. The van der Waals surface area contributed by atoms with Crippen molar-refractivity contribution < 1.29 is 23.7 Å². The molecular weight excluding hydrogens is 364 g/mol. The van der Waals surface area contributed by atoms with Gasteiger partial charge in [0.2, 0.25) is 0 Å². The Morgan fingerprint density at radius 3 is 1.93 bits per heavy atom. The number of rotatable bonds is 16. The fourth-order valence-corrected chi connectivity index (χ4v) is 4.13. The Morgan fingerprint density at radius 1 is 0.778 bits per heavy atom. The highest BCUT2D eigenvalue weighted by Gasteiger charge is 2.47. The minimum absolute atomic E-state index is 0.0579. The lowest BCUT2D eigenvalue weighted by atomic mass is 9.99. The highest BCUT2D eigenvalue weighted by atomic mass is 32.2. The smallest absolute Gasteiger partial charge is 0.132 e. The second-order valence-electron chi connectivity index (χ2n) is 7.00. The van der Waals surface area contributed by atoms with Crippen molar-refractivity contribution >= 4 is 11.8 Å². The fraction of sp³-hybridized carbons (Fsp3) is 1.00. The minimum atomic E-state index is -0.159. The molecule has 0 saturated carbocycles. The molecule has 0 bridgehead atoms. The molecule has 5 nitrogen and oxygen atoms in total. The molecule has 5 atom stereocenters. The van der Waals surface area contributed by atoms with Gasteiger partial charge in [-0.05, 0) is 25.0 Å². The molecule has 1 rings (SSSR count). The first-order chi connectivity index (χ1) is 13.2. The van der Waals surface area contributed by atoms with Crippen LogP contribution in [0, 0.1) is 0 Å². The molecule has 1 saturated heterocycles. The van der Waals surface area contributed by atoms with E-state index in [1.165, 1.54) is 0 Å². The molecule has 162 valence electrons. The predicted octanol–water partition coefficient (Wildman–Crippen LogP) is 4.67. The van der Waals surface area contributed by atoms with Crippen molar-refractivity contribution in [2.24, 2.45) is 0 Å². The van der Waals surface area contributed by atoms with E-state index in [1.807, 2.05) is 0 Å². The summed E-state index contributed by atoms with van der Waals surface area (Å²) < 4.78 is 30.7. The summed E-state index contributed by atoms with van der Waals surface area (Å²) in [6, 6.07) is 0. The van der Waals surface area contributed by atoms with Crippen molar-refractivity contribution in [1.82, 2.24) is 0 Å². The van der Waals surface area contributed by atoms with Crippen molar-refractivity contribution in [3.63, 3.8) is 0 Å². The summed E-state index contributed by atoms with van der Waals surface area (Å²) >= 11 is 1.77. The van der Waals surface area contributed by atoms with Crippen LogP contribution in [0.15, 0.2) is 0 Å². The highest BCUT2D eigenvalue weighted by Crippen LogP contribution is 2.33. The van der Waals surface area contributed by atoms with Gasteiger partial charge in [0, 0.05) is 26.9 Å². The first-order valence-corrected chi connectivity index (χ1v) is 11.9. The molecule has 0 aliphatic carbocycles. The third-order valence-electron chi connectivity index (χ3n) is 4.74. The maximum Gasteiger partial charge on any atom is 0.132 e. The van der Waals surface area contributed by atoms with Crippen LogP contribution >= 0.6 is 11.8 Å². The lowest BCUT2D eigenvalue weighted by Gasteiger charge is -2.45. The standard InChI is InChI=1S/C21H42O5S/c1-6-10-13-23-16-17-18(24-14-11-7-2)19(25-15-12-8-3)20(22-5)21(26-17)27-9-4/h17-21H,6-16H2,1-5H3/t17?,18-,19?,20?,21?/m1/s1. The van der Waals surface area contributed by atoms with Crippen LogP contribution in [0.25, 0.3) is 0 Å². The number of hydrogen-bond acceptors (Lipinski definition) is 6. The molecule has 0 spiro atoms. The molecule has 0 radical (unpaired) electrons. The molecule has 27 heavy (non-hydrogen) atoms. The van der Waals surface area contributed by atoms with Gasteiger partial charge in [0.1, 0.15) is 29.9 Å². The lowest BCUT2D eigenvalue weighted by Crippen LogP contribution is -2.60. The average Bonchev–Trinajstić information content (AvgIpc) is 2.67. The van der Waals surface area contributed by atoms with Crippen LogP contribution in [-0.2, 0) is 23.7 Å². The van der Waals surface area contributed by atoms with Gasteiger partial charge in [0.15, 0.2) is 0 Å². The Balaban J connectivity index is 2.88. The van der Waals surface area contributed by atoms with E-state index in [2.05, 4.69) is 27.7 Å². The van der Waals surface area contributed by atoms with Gasteiger partial charge >= 0.3 is 0 Å². The predicted molar refractivity (Wildman–Crippen MR) is 113 cm³/mol. The summed E-state index contributed by atoms with van der Waals surface area (Å²) in [6.45, 7) is 11.4. The molecule has 1 heterocycles. The van der Waals surface area contributed by atoms with E-state index < -0.39 is 0 Å². The average molecular weight is 407 g/mol. The van der Waals surface area contributed by atoms with E-state index in [4.69, 9.17) is 23.7 Å². The third-order valence-corrected chi connectivity index (χ3v) is 5.78. The van der Waals surface area contributed by atoms with Crippen LogP contribution in [0.2, 0.25) is 0 Å². The van der Waals surface area contributed by atoms with Crippen LogP contribution in [0.1, 0.15) is 66.2 Å². The Kier molecular flexibility index (Phi) is 14.9. The van der Waals surface area contributed by atoms with Crippen molar-refractivity contribution in [2.45, 2.75) is 96.1 Å². The summed E-state index contributed by atoms with van der Waals surface area (Å²) in [4.78, 5) is 0. The fourth-order valence-electron chi connectivity index (χ4n) is 3.12. The summed E-state index contributed by atoms with van der Waals surface area (Å²) in [5.74, 6) is 0.969. The number of unbranched alkanes of at least 4 members (excludes halogenated alkanes) is 3. The van der Waals surface area contributed by atoms with E-state index in [-0.39, 0.29) is 29.9 Å². The molecule has 0 aromatic heterocycles. The topological polar surface area (TPSA) is 46.2 Å². The highest BCUT2D eigenvalue weighted by molar-refractivity contribution is 7.99. The van der Waals surface area contributed by atoms with Crippen LogP contribution < -0.4 is 0 Å². The maximum absolute atomic E-state index is 6.40. The molecule has 0 aromatic carbocycles. The molecule has 0 N–H and O–H groups in total. The van der Waals surface area contributed by atoms with E-state index >= 15 is 0 Å². The summed E-state index contributed by atoms with van der Waals surface area (Å²) in [7, 11) is 1.74. The number of hydrogen-bond donors (Lipinski definition) is 0. The molecule has 6 heteroatoms. The van der Waals surface area contributed by atoms with Crippen LogP contribution in [-0.4, -0.2) is 69.1 Å². The van der Waals surface area contributed by atoms with Crippen LogP contribution in [0.4, 0.5) is 0 Å². The molecule has 1 aliphatic heterocycles. The molecule has 0 amide bonds. The van der Waals surface area contributed by atoms with Crippen LogP contribution in [0.3, 0.4) is 0 Å². The van der Waals surface area contributed by atoms with E-state index in [0.29, 0.717) is 13.2 Å². The van der Waals surface area contributed by atoms with Gasteiger partial charge in [-0.15, -0.1) is 11.8 Å². The number of ether oxygens (including phenoxy) is 5. The third kappa shape index (κ3) is 9.01. The van der Waals surface area contributed by atoms with Gasteiger partial charge in [-0.1, -0.05) is 47.0 Å². The van der Waals surface area contributed by atoms with E-state index in [1.54, 1.807) is 18.9 Å². The Hall–Kier alpha value is 0.150. The Bertz CT molecular complexity index is 345. The van der Waals surface area contributed by atoms with Crippen molar-refractivity contribution in [1.29, 1.82) is 0 Å². The van der Waals surface area contributed by atoms with Crippen LogP contribution in [0.5, 0.6) is 0 Å². The number of methoxy groups -OCH3 is 1. The van der Waals surface area contributed by atoms with Gasteiger partial charge in [-0.2, -0.15) is 0 Å². The minimum Gasteiger partial charge on any atom is -0.379 e. The first-order valence-electron chi connectivity index (χ1n) is 10.8. The zero-order valence-electron chi connectivity index (χ0n) is 18.1. The van der Waals surface area contributed by atoms with Crippen molar-refractivity contribution in [2.75, 3.05) is 39.3 Å².